The van der Waals surface area contributed by atoms with E-state index in [1.165, 1.54) is 42.3 Å². The van der Waals surface area contributed by atoms with Gasteiger partial charge in [0.1, 0.15) is 18.3 Å². The molecule has 0 spiro atoms. The normalized spacial score (nSPS) is 12.1. The number of ether oxygens (including phenoxy) is 1. The van der Waals surface area contributed by atoms with E-state index in [0.717, 1.165) is 14.3 Å². The van der Waals surface area contributed by atoms with Crippen LogP contribution in [0.15, 0.2) is 82.2 Å². The number of carbonyl (C=O) groups excluding carboxylic acids is 2. The van der Waals surface area contributed by atoms with Gasteiger partial charge in [-0.15, -0.1) is 0 Å². The summed E-state index contributed by atoms with van der Waals surface area (Å²) in [5.41, 5.74) is 0.989. The fourth-order valence-electron chi connectivity index (χ4n) is 3.85. The molecule has 208 valence electrons. The number of methoxy groups -OCH3 is 1. The molecule has 39 heavy (non-hydrogen) atoms. The maximum Gasteiger partial charge on any atom is 0.264 e. The molecular formula is C28H31BrClN3O5S. The summed E-state index contributed by atoms with van der Waals surface area (Å²) >= 11 is 9.63. The minimum Gasteiger partial charge on any atom is -0.497 e. The zero-order valence-corrected chi connectivity index (χ0v) is 25.3. The number of sulfonamides is 1. The summed E-state index contributed by atoms with van der Waals surface area (Å²) in [6.45, 7) is 4.81. The summed E-state index contributed by atoms with van der Waals surface area (Å²) in [6, 6.07) is 18.5. The molecule has 3 rings (SSSR count). The van der Waals surface area contributed by atoms with Gasteiger partial charge in [-0.05, 0) is 80.9 Å². The number of nitrogens with one attached hydrogen (secondary N) is 1. The van der Waals surface area contributed by atoms with Crippen LogP contribution in [0.4, 0.5) is 5.69 Å². The van der Waals surface area contributed by atoms with Crippen molar-refractivity contribution in [3.8, 4) is 5.75 Å². The van der Waals surface area contributed by atoms with Gasteiger partial charge in [-0.25, -0.2) is 8.42 Å². The summed E-state index contributed by atoms with van der Waals surface area (Å²) in [6.07, 6.45) is 0. The number of rotatable bonds is 11. The lowest BCUT2D eigenvalue weighted by Crippen LogP contribution is -2.52. The highest BCUT2D eigenvalue weighted by molar-refractivity contribution is 9.10. The van der Waals surface area contributed by atoms with Crippen LogP contribution in [0, 0.1) is 0 Å². The lowest BCUT2D eigenvalue weighted by molar-refractivity contribution is -0.139. The van der Waals surface area contributed by atoms with Crippen molar-refractivity contribution in [2.45, 2.75) is 44.3 Å². The van der Waals surface area contributed by atoms with E-state index >= 15 is 0 Å². The van der Waals surface area contributed by atoms with Crippen LogP contribution < -0.4 is 14.4 Å². The Morgan fingerprint density at radius 1 is 1.00 bits per heavy atom. The van der Waals surface area contributed by atoms with E-state index in [2.05, 4.69) is 21.2 Å². The monoisotopic (exact) mass is 635 g/mol. The van der Waals surface area contributed by atoms with Crippen LogP contribution in [0.3, 0.4) is 0 Å². The average Bonchev–Trinajstić information content (AvgIpc) is 2.89. The van der Waals surface area contributed by atoms with E-state index in [-0.39, 0.29) is 29.1 Å². The predicted molar refractivity (Wildman–Crippen MR) is 156 cm³/mol. The first-order chi connectivity index (χ1) is 18.4. The van der Waals surface area contributed by atoms with E-state index in [1.807, 2.05) is 38.1 Å². The molecule has 0 aliphatic heterocycles. The lowest BCUT2D eigenvalue weighted by atomic mass is 10.1. The molecular weight excluding hydrogens is 606 g/mol. The number of hydrogen-bond acceptors (Lipinski definition) is 5. The van der Waals surface area contributed by atoms with Crippen molar-refractivity contribution in [2.75, 3.05) is 18.0 Å². The SMILES string of the molecule is COc1ccc(S(=O)(=O)N(CC(=O)N(Cc2cccc(Br)c2)[C@@H](C)C(=O)NC(C)C)c2cccc(Cl)c2)cc1. The molecule has 0 saturated heterocycles. The average molecular weight is 637 g/mol. The second kappa shape index (κ2) is 13.3. The molecule has 8 nitrogen and oxygen atoms in total. The molecule has 3 aromatic carbocycles. The van der Waals surface area contributed by atoms with Crippen molar-refractivity contribution >= 4 is 55.1 Å². The van der Waals surface area contributed by atoms with Crippen molar-refractivity contribution in [3.05, 3.63) is 87.9 Å². The molecule has 1 atom stereocenters. The van der Waals surface area contributed by atoms with Crippen LogP contribution >= 0.6 is 27.5 Å². The quantitative estimate of drug-likeness (QED) is 0.310. The topological polar surface area (TPSA) is 96.0 Å². The molecule has 0 heterocycles. The number of hydrogen-bond donors (Lipinski definition) is 1. The highest BCUT2D eigenvalue weighted by atomic mass is 79.9. The molecule has 0 bridgehead atoms. The highest BCUT2D eigenvalue weighted by Gasteiger charge is 2.32. The van der Waals surface area contributed by atoms with Gasteiger partial charge in [-0.1, -0.05) is 45.7 Å². The maximum atomic E-state index is 13.9. The first-order valence-corrected chi connectivity index (χ1v) is 14.8. The van der Waals surface area contributed by atoms with Crippen LogP contribution in [-0.4, -0.2) is 50.9 Å². The zero-order valence-electron chi connectivity index (χ0n) is 22.1. The van der Waals surface area contributed by atoms with Gasteiger partial charge in [0.2, 0.25) is 11.8 Å². The summed E-state index contributed by atoms with van der Waals surface area (Å²) < 4.78 is 34.6. The summed E-state index contributed by atoms with van der Waals surface area (Å²) in [4.78, 5) is 28.2. The van der Waals surface area contributed by atoms with Gasteiger partial charge in [-0.3, -0.25) is 13.9 Å². The Morgan fingerprint density at radius 3 is 2.26 bits per heavy atom. The molecule has 2 amide bonds. The van der Waals surface area contributed by atoms with E-state index in [9.17, 15) is 18.0 Å². The molecule has 0 fully saturated rings. The smallest absolute Gasteiger partial charge is 0.264 e. The first kappa shape index (κ1) is 30.5. The maximum absolute atomic E-state index is 13.9. The zero-order chi connectivity index (χ0) is 28.7. The Balaban J connectivity index is 2.04. The van der Waals surface area contributed by atoms with Crippen molar-refractivity contribution in [1.82, 2.24) is 10.2 Å². The van der Waals surface area contributed by atoms with Gasteiger partial charge in [0, 0.05) is 22.1 Å². The van der Waals surface area contributed by atoms with Crippen molar-refractivity contribution in [3.63, 3.8) is 0 Å². The Bertz CT molecular complexity index is 1420. The molecule has 11 heteroatoms. The van der Waals surface area contributed by atoms with Crippen LogP contribution in [0.1, 0.15) is 26.3 Å². The lowest BCUT2D eigenvalue weighted by Gasteiger charge is -2.32. The number of nitrogens with zero attached hydrogens (tertiary/aromatic N) is 2. The fourth-order valence-corrected chi connectivity index (χ4v) is 5.89. The van der Waals surface area contributed by atoms with Gasteiger partial charge < -0.3 is 15.0 Å². The van der Waals surface area contributed by atoms with E-state index in [0.29, 0.717) is 10.8 Å². The highest BCUT2D eigenvalue weighted by Crippen LogP contribution is 2.28. The van der Waals surface area contributed by atoms with Crippen LogP contribution in [0.2, 0.25) is 5.02 Å². The van der Waals surface area contributed by atoms with Gasteiger partial charge in [0.15, 0.2) is 0 Å². The minimum atomic E-state index is -4.21. The van der Waals surface area contributed by atoms with Crippen LogP contribution in [0.5, 0.6) is 5.75 Å². The fraction of sp³-hybridized carbons (Fsp3) is 0.286. The second-order valence-corrected chi connectivity index (χ2v) is 12.4. The molecule has 0 aromatic heterocycles. The second-order valence-electron chi connectivity index (χ2n) is 9.16. The van der Waals surface area contributed by atoms with Crippen LogP contribution in [-0.2, 0) is 26.2 Å². The summed E-state index contributed by atoms with van der Waals surface area (Å²) in [5.74, 6) is -0.413. The number of anilines is 1. The molecule has 1 N–H and O–H groups in total. The van der Waals surface area contributed by atoms with Gasteiger partial charge in [0.25, 0.3) is 10.0 Å². The van der Waals surface area contributed by atoms with Gasteiger partial charge in [0.05, 0.1) is 17.7 Å². The molecule has 3 aromatic rings. The summed E-state index contributed by atoms with van der Waals surface area (Å²) in [7, 11) is -2.72. The third-order valence-corrected chi connectivity index (χ3v) is 8.38. The van der Waals surface area contributed by atoms with Crippen LogP contribution in [0.25, 0.3) is 0 Å². The van der Waals surface area contributed by atoms with Crippen molar-refractivity contribution in [1.29, 1.82) is 0 Å². The van der Waals surface area contributed by atoms with Crippen molar-refractivity contribution in [2.24, 2.45) is 0 Å². The van der Waals surface area contributed by atoms with E-state index in [4.69, 9.17) is 16.3 Å². The third-order valence-electron chi connectivity index (χ3n) is 5.86. The Hall–Kier alpha value is -3.08. The van der Waals surface area contributed by atoms with E-state index in [1.54, 1.807) is 25.1 Å². The van der Waals surface area contributed by atoms with Gasteiger partial charge in [-0.2, -0.15) is 0 Å². The summed E-state index contributed by atoms with van der Waals surface area (Å²) in [5, 5.41) is 3.14. The Labute approximate surface area is 243 Å². The standard InChI is InChI=1S/C28H31BrClN3O5S/c1-19(2)31-28(35)20(3)32(17-21-7-5-8-22(29)15-21)27(34)18-33(24-10-6-9-23(30)16-24)39(36,37)26-13-11-25(38-4)12-14-26/h5-16,19-20H,17-18H2,1-4H3,(H,31,35)/t20-/m0/s1. The molecule has 0 aliphatic carbocycles. The number of benzene rings is 3. The molecule has 0 unspecified atom stereocenters. The largest absolute Gasteiger partial charge is 0.497 e. The first-order valence-electron chi connectivity index (χ1n) is 12.2. The van der Waals surface area contributed by atoms with E-state index < -0.39 is 28.5 Å². The number of halogens is 2. The third kappa shape index (κ3) is 7.97. The molecule has 0 radical (unpaired) electrons. The van der Waals surface area contributed by atoms with Crippen molar-refractivity contribution < 1.29 is 22.7 Å². The minimum absolute atomic E-state index is 0.0276. The molecule has 0 saturated carbocycles. The van der Waals surface area contributed by atoms with Gasteiger partial charge >= 0.3 is 0 Å². The predicted octanol–water partition coefficient (Wildman–Crippen LogP) is 5.25. The Morgan fingerprint density at radius 2 is 1.67 bits per heavy atom. The Kier molecular flexibility index (Phi) is 10.4. The molecule has 0 aliphatic rings. The number of carbonyl (C=O) groups is 2. The number of amides is 2.